The van der Waals surface area contributed by atoms with Crippen LogP contribution in [0, 0.1) is 0 Å². The summed E-state index contributed by atoms with van der Waals surface area (Å²) in [5.41, 5.74) is 0. The molecule has 0 amide bonds. The SMILES string of the molecule is F.F.[AlH3].[BaH2].[CaH2]. The molecule has 0 bridgehead atoms. The Morgan fingerprint density at radius 1 is 0.800 bits per heavy atom. The fourth-order valence-corrected chi connectivity index (χ4v) is 0. The van der Waals surface area contributed by atoms with Crippen LogP contribution < -0.4 is 0 Å². The molecule has 0 saturated carbocycles. The van der Waals surface area contributed by atoms with Gasteiger partial charge in [0.05, 0.1) is 0 Å². The van der Waals surface area contributed by atoms with Gasteiger partial charge >= 0.3 is 86.6 Å². The third kappa shape index (κ3) is 19.0. The van der Waals surface area contributed by atoms with E-state index in [1.807, 2.05) is 0 Å². The van der Waals surface area contributed by atoms with E-state index in [1.54, 1.807) is 0 Å². The van der Waals surface area contributed by atoms with E-state index < -0.39 is 0 Å². The van der Waals surface area contributed by atoms with Crippen LogP contribution in [-0.2, 0) is 0 Å². The Labute approximate surface area is 110 Å². The van der Waals surface area contributed by atoms with Crippen LogP contribution in [0.1, 0.15) is 0 Å². The van der Waals surface area contributed by atoms with Crippen molar-refractivity contribution in [1.82, 2.24) is 0 Å². The van der Waals surface area contributed by atoms with Gasteiger partial charge in [-0.2, -0.15) is 0 Å². The summed E-state index contributed by atoms with van der Waals surface area (Å²) in [5, 5.41) is 0. The van der Waals surface area contributed by atoms with E-state index in [2.05, 4.69) is 0 Å². The van der Waals surface area contributed by atoms with Crippen molar-refractivity contribution in [1.29, 1.82) is 0 Å². The summed E-state index contributed by atoms with van der Waals surface area (Å²) in [7, 11) is 0. The molecule has 0 unspecified atom stereocenters. The topological polar surface area (TPSA) is 0 Å². The Morgan fingerprint density at radius 3 is 0.800 bits per heavy atom. The van der Waals surface area contributed by atoms with Crippen molar-refractivity contribution in [3.63, 3.8) is 0 Å². The fraction of sp³-hybridized carbons (Fsp3) is 0. The molecule has 0 aliphatic rings. The van der Waals surface area contributed by atoms with Crippen molar-refractivity contribution in [3.8, 4) is 0 Å². The summed E-state index contributed by atoms with van der Waals surface area (Å²) in [6, 6.07) is 0. The van der Waals surface area contributed by atoms with Crippen LogP contribution >= 0.6 is 0 Å². The normalized spacial score (nSPS) is 0. The Hall–Kier alpha value is 3.22. The van der Waals surface area contributed by atoms with Gasteiger partial charge < -0.3 is 0 Å². The zero-order valence-electron chi connectivity index (χ0n) is 0.816. The van der Waals surface area contributed by atoms with Crippen LogP contribution in [0.2, 0.25) is 0 Å². The van der Waals surface area contributed by atoms with E-state index >= 15 is 0 Å². The summed E-state index contributed by atoms with van der Waals surface area (Å²) in [6.07, 6.45) is 0. The summed E-state index contributed by atoms with van der Waals surface area (Å²) in [5.74, 6) is 0. The molecule has 0 aliphatic heterocycles. The predicted molar refractivity (Wildman–Crippen MR) is 32.0 cm³/mol. The third-order valence-corrected chi connectivity index (χ3v) is 0. The van der Waals surface area contributed by atoms with Crippen molar-refractivity contribution in [3.05, 3.63) is 0 Å². The monoisotopic (exact) mass is 252 g/mol. The summed E-state index contributed by atoms with van der Waals surface area (Å²) < 4.78 is 0. The van der Waals surface area contributed by atoms with Gasteiger partial charge in [-0.15, -0.1) is 0 Å². The fourth-order valence-electron chi connectivity index (χ4n) is 0. The Balaban J connectivity index is 0. The molecule has 0 nitrogen and oxygen atoms in total. The minimum absolute atomic E-state index is 0. The molecule has 0 aliphatic carbocycles. The van der Waals surface area contributed by atoms with Crippen molar-refractivity contribution in [2.45, 2.75) is 0 Å². The zero-order valence-corrected chi connectivity index (χ0v) is 0.816. The maximum atomic E-state index is 0. The molecular weight excluding hydrogens is 242 g/mol. The number of halogens is 2. The second-order valence-electron chi connectivity index (χ2n) is 0. The Morgan fingerprint density at radius 2 is 0.800 bits per heavy atom. The van der Waals surface area contributed by atoms with Crippen molar-refractivity contribution in [2.24, 2.45) is 0 Å². The Bertz CT molecular complexity index is 9.61. The number of hydrogen-bond donors (Lipinski definition) is 0. The molecule has 0 rings (SSSR count). The van der Waals surface area contributed by atoms with Gasteiger partial charge in [-0.1, -0.05) is 0 Å². The van der Waals surface area contributed by atoms with E-state index in [-0.39, 0.29) is 113 Å². The van der Waals surface area contributed by atoms with Crippen LogP contribution in [0.25, 0.3) is 0 Å². The quantitative estimate of drug-likeness (QED) is 0.411. The molecule has 0 fully saturated rings. The first-order valence-electron chi connectivity index (χ1n) is 0. The van der Waals surface area contributed by atoms with E-state index in [0.717, 1.165) is 0 Å². The molecule has 0 saturated heterocycles. The van der Waals surface area contributed by atoms with Crippen molar-refractivity contribution >= 4 is 104 Å². The van der Waals surface area contributed by atoms with Gasteiger partial charge in [0.2, 0.25) is 0 Å². The molecule has 0 atom stereocenters. The molecular formula is H9AlBaCaF2. The summed E-state index contributed by atoms with van der Waals surface area (Å²) >= 11 is 0. The zero-order chi connectivity index (χ0) is 0. The van der Waals surface area contributed by atoms with E-state index in [9.17, 15) is 0 Å². The molecule has 5 heteroatoms. The van der Waals surface area contributed by atoms with Gasteiger partial charge in [-0.25, -0.2) is 0 Å². The van der Waals surface area contributed by atoms with Crippen LogP contribution in [0.5, 0.6) is 0 Å². The van der Waals surface area contributed by atoms with Gasteiger partial charge in [-0.3, -0.25) is 9.41 Å². The van der Waals surface area contributed by atoms with E-state index in [1.165, 1.54) is 0 Å². The Kier molecular flexibility index (Phi) is 222. The van der Waals surface area contributed by atoms with Gasteiger partial charge in [0.1, 0.15) is 0 Å². The first kappa shape index (κ1) is 41.3. The average Bonchev–Trinajstić information content (AvgIpc) is 0. The number of rotatable bonds is 0. The average molecular weight is 251 g/mol. The summed E-state index contributed by atoms with van der Waals surface area (Å²) in [6.45, 7) is 0. The third-order valence-electron chi connectivity index (χ3n) is 0. The summed E-state index contributed by atoms with van der Waals surface area (Å²) in [4.78, 5) is 0. The molecule has 5 heavy (non-hydrogen) atoms. The van der Waals surface area contributed by atoms with Crippen LogP contribution in [-0.4, -0.2) is 104 Å². The van der Waals surface area contributed by atoms with E-state index in [4.69, 9.17) is 0 Å². The molecule has 0 heterocycles. The molecule has 0 spiro atoms. The predicted octanol–water partition coefficient (Wildman–Crippen LogP) is -2.71. The first-order valence-corrected chi connectivity index (χ1v) is 0. The van der Waals surface area contributed by atoms with E-state index in [0.29, 0.717) is 0 Å². The van der Waals surface area contributed by atoms with Gasteiger partial charge in [0, 0.05) is 0 Å². The molecule has 0 aromatic rings. The van der Waals surface area contributed by atoms with Crippen LogP contribution in [0.4, 0.5) is 9.41 Å². The minimum atomic E-state index is 0. The second-order valence-corrected chi connectivity index (χ2v) is 0. The maximum absolute atomic E-state index is 0. The van der Waals surface area contributed by atoms with Crippen molar-refractivity contribution < 1.29 is 9.41 Å². The second kappa shape index (κ2) is 26.9. The van der Waals surface area contributed by atoms with Crippen LogP contribution in [0.3, 0.4) is 0 Å². The van der Waals surface area contributed by atoms with Gasteiger partial charge in [0.15, 0.2) is 17.4 Å². The number of hydrogen-bond acceptors (Lipinski definition) is 0. The van der Waals surface area contributed by atoms with Gasteiger partial charge in [-0.05, 0) is 0 Å². The molecule has 30 valence electrons. The van der Waals surface area contributed by atoms with Crippen molar-refractivity contribution in [2.75, 3.05) is 0 Å². The standard InChI is InChI=1S/Al.Ba.Ca.2FH.7H/h;;;2*1H;;;;;;;. The molecule has 0 N–H and O–H groups in total. The first-order chi connectivity index (χ1) is 0. The van der Waals surface area contributed by atoms with Crippen LogP contribution in [0.15, 0.2) is 0 Å². The molecule has 0 aromatic heterocycles. The molecule has 0 radical (unpaired) electrons. The molecule has 0 aromatic carbocycles. The van der Waals surface area contributed by atoms with Gasteiger partial charge in [0.25, 0.3) is 0 Å².